The van der Waals surface area contributed by atoms with Crippen LogP contribution in [0.1, 0.15) is 16.0 Å². The summed E-state index contributed by atoms with van der Waals surface area (Å²) in [5.74, 6) is 0. The van der Waals surface area contributed by atoms with Gasteiger partial charge in [0.15, 0.2) is 0 Å². The summed E-state index contributed by atoms with van der Waals surface area (Å²) in [4.78, 5) is 5.09. The number of thiophene rings is 1. The van der Waals surface area contributed by atoms with Gasteiger partial charge in [0.25, 0.3) is 0 Å². The molecule has 0 N–H and O–H groups in total. The van der Waals surface area contributed by atoms with Gasteiger partial charge in [0.2, 0.25) is 0 Å². The number of hydrogen-bond acceptors (Lipinski definition) is 2. The minimum Gasteiger partial charge on any atom is -0.297 e. The number of nitrogens with zero attached hydrogens (tertiary/aromatic N) is 1. The number of benzene rings is 2. The Balaban J connectivity index is 1.64. The van der Waals surface area contributed by atoms with Crippen LogP contribution in [-0.2, 0) is 13.1 Å². The molecule has 1 nitrogen and oxygen atoms in total. The molecule has 0 atom stereocenters. The normalized spacial score (nSPS) is 11.1. The molecule has 0 saturated heterocycles. The van der Waals surface area contributed by atoms with Crippen LogP contribution < -0.4 is 0 Å². The summed E-state index contributed by atoms with van der Waals surface area (Å²) in [5.41, 5.74) is 3.96. The van der Waals surface area contributed by atoms with Crippen molar-refractivity contribution in [3.05, 3.63) is 81.1 Å². The lowest BCUT2D eigenvalue weighted by molar-refractivity contribution is 0.322. The molecular weight excluding hydrogens is 366 g/mol. The van der Waals surface area contributed by atoms with Crippen LogP contribution in [-0.4, -0.2) is 11.9 Å². The predicted molar refractivity (Wildman–Crippen MR) is 104 cm³/mol. The van der Waals surface area contributed by atoms with Crippen LogP contribution in [0.5, 0.6) is 0 Å². The van der Waals surface area contributed by atoms with Gasteiger partial charge in [0, 0.05) is 27.3 Å². The summed E-state index contributed by atoms with van der Waals surface area (Å²) in [5, 5.41) is 0. The standard InChI is InChI=1S/C20H20BrNS/c1-15-3-5-16(6-4-15)13-22(2)14-19-11-12-20(23-19)17-7-9-18(21)10-8-17/h3-12H,13-14H2,1-2H3. The Labute approximate surface area is 150 Å². The average Bonchev–Trinajstić information content (AvgIpc) is 2.98. The predicted octanol–water partition coefficient (Wildman–Crippen LogP) is 6.12. The summed E-state index contributed by atoms with van der Waals surface area (Å²) in [7, 11) is 2.18. The summed E-state index contributed by atoms with van der Waals surface area (Å²) >= 11 is 5.36. The average molecular weight is 386 g/mol. The SMILES string of the molecule is Cc1ccc(CN(C)Cc2ccc(-c3ccc(Br)cc3)s2)cc1. The Morgan fingerprint density at radius 1 is 0.870 bits per heavy atom. The fourth-order valence-corrected chi connectivity index (χ4v) is 3.92. The van der Waals surface area contributed by atoms with Crippen molar-refractivity contribution in [2.24, 2.45) is 0 Å². The maximum Gasteiger partial charge on any atom is 0.0346 e. The smallest absolute Gasteiger partial charge is 0.0346 e. The van der Waals surface area contributed by atoms with Gasteiger partial charge in [-0.1, -0.05) is 57.9 Å². The molecule has 0 spiro atoms. The van der Waals surface area contributed by atoms with Crippen LogP contribution in [0, 0.1) is 6.92 Å². The van der Waals surface area contributed by atoms with E-state index in [9.17, 15) is 0 Å². The zero-order valence-electron chi connectivity index (χ0n) is 13.4. The minimum absolute atomic E-state index is 0.978. The molecular formula is C20H20BrNS. The number of aryl methyl sites for hydroxylation is 1. The van der Waals surface area contributed by atoms with Crippen molar-refractivity contribution in [2.45, 2.75) is 20.0 Å². The van der Waals surface area contributed by atoms with E-state index in [0.29, 0.717) is 0 Å². The van der Waals surface area contributed by atoms with Gasteiger partial charge < -0.3 is 0 Å². The highest BCUT2D eigenvalue weighted by Gasteiger charge is 2.06. The Bertz CT molecular complexity index is 759. The number of halogens is 1. The Hall–Kier alpha value is -1.42. The van der Waals surface area contributed by atoms with E-state index in [2.05, 4.69) is 95.5 Å². The Kier molecular flexibility index (Phi) is 5.31. The molecule has 0 amide bonds. The first-order valence-electron chi connectivity index (χ1n) is 7.69. The molecule has 1 aromatic heterocycles. The van der Waals surface area contributed by atoms with Crippen LogP contribution in [0.4, 0.5) is 0 Å². The third kappa shape index (κ3) is 4.54. The number of hydrogen-bond donors (Lipinski definition) is 0. The second-order valence-corrected chi connectivity index (χ2v) is 8.01. The molecule has 0 aliphatic rings. The molecule has 3 heteroatoms. The lowest BCUT2D eigenvalue weighted by Gasteiger charge is -2.15. The third-order valence-corrected chi connectivity index (χ3v) is 5.44. The zero-order chi connectivity index (χ0) is 16.2. The summed E-state index contributed by atoms with van der Waals surface area (Å²) < 4.78 is 1.12. The molecule has 3 aromatic rings. The van der Waals surface area contributed by atoms with Crippen LogP contribution in [0.3, 0.4) is 0 Å². The summed E-state index contributed by atoms with van der Waals surface area (Å²) in [6, 6.07) is 21.8. The van der Waals surface area contributed by atoms with Crippen LogP contribution in [0.15, 0.2) is 65.1 Å². The highest BCUT2D eigenvalue weighted by Crippen LogP contribution is 2.29. The molecule has 118 valence electrons. The van der Waals surface area contributed by atoms with Crippen molar-refractivity contribution in [3.8, 4) is 10.4 Å². The third-order valence-electron chi connectivity index (χ3n) is 3.79. The molecule has 0 saturated carbocycles. The lowest BCUT2D eigenvalue weighted by atomic mass is 10.1. The fraction of sp³-hybridized carbons (Fsp3) is 0.200. The molecule has 0 aliphatic carbocycles. The van der Waals surface area contributed by atoms with Crippen molar-refractivity contribution >= 4 is 27.3 Å². The van der Waals surface area contributed by atoms with Gasteiger partial charge in [-0.2, -0.15) is 0 Å². The van der Waals surface area contributed by atoms with E-state index in [-0.39, 0.29) is 0 Å². The fourth-order valence-electron chi connectivity index (χ4n) is 2.56. The molecule has 0 radical (unpaired) electrons. The van der Waals surface area contributed by atoms with E-state index in [1.165, 1.54) is 26.4 Å². The molecule has 0 bridgehead atoms. The molecule has 0 unspecified atom stereocenters. The Morgan fingerprint density at radius 2 is 1.57 bits per heavy atom. The van der Waals surface area contributed by atoms with Gasteiger partial charge in [0.05, 0.1) is 0 Å². The van der Waals surface area contributed by atoms with E-state index >= 15 is 0 Å². The highest BCUT2D eigenvalue weighted by molar-refractivity contribution is 9.10. The van der Waals surface area contributed by atoms with E-state index in [0.717, 1.165) is 17.6 Å². The molecule has 2 aromatic carbocycles. The van der Waals surface area contributed by atoms with E-state index in [1.807, 2.05) is 11.3 Å². The van der Waals surface area contributed by atoms with Crippen LogP contribution in [0.2, 0.25) is 0 Å². The van der Waals surface area contributed by atoms with Crippen LogP contribution in [0.25, 0.3) is 10.4 Å². The van der Waals surface area contributed by atoms with E-state index < -0.39 is 0 Å². The molecule has 1 heterocycles. The molecule has 0 fully saturated rings. The number of rotatable bonds is 5. The van der Waals surface area contributed by atoms with Gasteiger partial charge in [-0.3, -0.25) is 4.90 Å². The van der Waals surface area contributed by atoms with Gasteiger partial charge in [0.1, 0.15) is 0 Å². The second kappa shape index (κ2) is 7.43. The maximum atomic E-state index is 3.49. The quantitative estimate of drug-likeness (QED) is 0.511. The van der Waals surface area contributed by atoms with Crippen molar-refractivity contribution in [3.63, 3.8) is 0 Å². The topological polar surface area (TPSA) is 3.24 Å². The van der Waals surface area contributed by atoms with Crippen molar-refractivity contribution in [1.82, 2.24) is 4.90 Å². The van der Waals surface area contributed by atoms with E-state index in [1.54, 1.807) is 0 Å². The van der Waals surface area contributed by atoms with E-state index in [4.69, 9.17) is 0 Å². The monoisotopic (exact) mass is 385 g/mol. The largest absolute Gasteiger partial charge is 0.297 e. The van der Waals surface area contributed by atoms with Crippen molar-refractivity contribution in [2.75, 3.05) is 7.05 Å². The molecule has 23 heavy (non-hydrogen) atoms. The summed E-state index contributed by atoms with van der Waals surface area (Å²) in [6.07, 6.45) is 0. The molecule has 0 aliphatic heterocycles. The first-order chi connectivity index (χ1) is 11.1. The summed E-state index contributed by atoms with van der Waals surface area (Å²) in [6.45, 7) is 4.09. The minimum atomic E-state index is 0.978. The van der Waals surface area contributed by atoms with Gasteiger partial charge >= 0.3 is 0 Å². The van der Waals surface area contributed by atoms with Gasteiger partial charge in [-0.05, 0) is 49.4 Å². The first kappa shape index (κ1) is 16.4. The van der Waals surface area contributed by atoms with Crippen LogP contribution >= 0.6 is 27.3 Å². The maximum absolute atomic E-state index is 3.49. The zero-order valence-corrected chi connectivity index (χ0v) is 15.8. The second-order valence-electron chi connectivity index (χ2n) is 5.93. The molecule has 3 rings (SSSR count). The lowest BCUT2D eigenvalue weighted by Crippen LogP contribution is -2.16. The van der Waals surface area contributed by atoms with Crippen molar-refractivity contribution in [1.29, 1.82) is 0 Å². The van der Waals surface area contributed by atoms with Gasteiger partial charge in [-0.15, -0.1) is 11.3 Å². The van der Waals surface area contributed by atoms with Crippen molar-refractivity contribution < 1.29 is 0 Å². The highest BCUT2D eigenvalue weighted by atomic mass is 79.9. The Morgan fingerprint density at radius 3 is 2.26 bits per heavy atom. The van der Waals surface area contributed by atoms with Gasteiger partial charge in [-0.25, -0.2) is 0 Å². The first-order valence-corrected chi connectivity index (χ1v) is 9.30.